The number of likely N-dealkylation sites (tertiary alicyclic amines) is 2. The van der Waals surface area contributed by atoms with E-state index < -0.39 is 0 Å². The summed E-state index contributed by atoms with van der Waals surface area (Å²) in [6, 6.07) is 18.1. The molecular formula is C21H24N2O2. The average molecular weight is 336 g/mol. The predicted molar refractivity (Wildman–Crippen MR) is 97.6 cm³/mol. The van der Waals surface area contributed by atoms with Gasteiger partial charge in [0.05, 0.1) is 7.11 Å². The molecule has 4 rings (SSSR count). The largest absolute Gasteiger partial charge is 0.497 e. The quantitative estimate of drug-likeness (QED) is 0.861. The van der Waals surface area contributed by atoms with Crippen molar-refractivity contribution in [3.63, 3.8) is 0 Å². The number of carbonyl (C=O) groups is 1. The van der Waals surface area contributed by atoms with E-state index in [4.69, 9.17) is 4.74 Å². The molecule has 0 N–H and O–H groups in total. The van der Waals surface area contributed by atoms with E-state index in [1.54, 1.807) is 7.11 Å². The lowest BCUT2D eigenvalue weighted by Crippen LogP contribution is -2.33. The number of carbonyl (C=O) groups excluding carboxylic acids is 1. The summed E-state index contributed by atoms with van der Waals surface area (Å²) in [7, 11) is 1.64. The van der Waals surface area contributed by atoms with Crippen molar-refractivity contribution in [2.45, 2.75) is 6.54 Å². The highest BCUT2D eigenvalue weighted by Gasteiger charge is 2.41. The monoisotopic (exact) mass is 336 g/mol. The lowest BCUT2D eigenvalue weighted by atomic mass is 10.0. The van der Waals surface area contributed by atoms with Crippen LogP contribution < -0.4 is 4.74 Å². The summed E-state index contributed by atoms with van der Waals surface area (Å²) in [5, 5.41) is 0. The van der Waals surface area contributed by atoms with Crippen LogP contribution in [-0.4, -0.2) is 49.0 Å². The predicted octanol–water partition coefficient (Wildman–Crippen LogP) is 2.90. The molecule has 2 aromatic carbocycles. The average Bonchev–Trinajstić information content (AvgIpc) is 3.20. The van der Waals surface area contributed by atoms with Gasteiger partial charge in [-0.15, -0.1) is 0 Å². The van der Waals surface area contributed by atoms with E-state index in [0.29, 0.717) is 11.8 Å². The summed E-state index contributed by atoms with van der Waals surface area (Å²) in [6.07, 6.45) is 0. The van der Waals surface area contributed by atoms with Crippen LogP contribution in [-0.2, 0) is 6.54 Å². The van der Waals surface area contributed by atoms with Gasteiger partial charge in [-0.25, -0.2) is 0 Å². The van der Waals surface area contributed by atoms with Crippen molar-refractivity contribution in [3.05, 3.63) is 65.7 Å². The first-order valence-corrected chi connectivity index (χ1v) is 8.92. The van der Waals surface area contributed by atoms with E-state index in [1.165, 1.54) is 5.56 Å². The highest BCUT2D eigenvalue weighted by atomic mass is 16.5. The first kappa shape index (κ1) is 16.2. The number of benzene rings is 2. The van der Waals surface area contributed by atoms with E-state index in [1.807, 2.05) is 29.2 Å². The number of nitrogens with zero attached hydrogens (tertiary/aromatic N) is 2. The number of amides is 1. The molecule has 0 radical (unpaired) electrons. The molecule has 4 heteroatoms. The normalized spacial score (nSPS) is 22.8. The molecule has 0 bridgehead atoms. The van der Waals surface area contributed by atoms with Crippen LogP contribution in [0.15, 0.2) is 54.6 Å². The Morgan fingerprint density at radius 2 is 1.60 bits per heavy atom. The fourth-order valence-electron chi connectivity index (χ4n) is 4.14. The molecular weight excluding hydrogens is 312 g/mol. The fraction of sp³-hybridized carbons (Fsp3) is 0.381. The maximum absolute atomic E-state index is 12.7. The van der Waals surface area contributed by atoms with Crippen molar-refractivity contribution in [1.82, 2.24) is 9.80 Å². The van der Waals surface area contributed by atoms with E-state index in [9.17, 15) is 4.79 Å². The summed E-state index contributed by atoms with van der Waals surface area (Å²) >= 11 is 0. The number of methoxy groups -OCH3 is 1. The Bertz CT molecular complexity index is 715. The van der Waals surface area contributed by atoms with Crippen LogP contribution in [0.4, 0.5) is 0 Å². The van der Waals surface area contributed by atoms with Crippen LogP contribution in [0.2, 0.25) is 0 Å². The standard InChI is InChI=1S/C21H24N2O2/c1-25-20-9-7-17(8-10-20)21(24)23-14-18-12-22(13-19(18)15-23)11-16-5-3-2-4-6-16/h2-10,18-19H,11-15H2,1H3. The molecule has 130 valence electrons. The molecule has 0 aromatic heterocycles. The van der Waals surface area contributed by atoms with Crippen LogP contribution >= 0.6 is 0 Å². The van der Waals surface area contributed by atoms with Gasteiger partial charge in [0.1, 0.15) is 5.75 Å². The second-order valence-electron chi connectivity index (χ2n) is 7.14. The van der Waals surface area contributed by atoms with Crippen molar-refractivity contribution in [2.24, 2.45) is 11.8 Å². The van der Waals surface area contributed by atoms with Gasteiger partial charge in [-0.2, -0.15) is 0 Å². The lowest BCUT2D eigenvalue weighted by Gasteiger charge is -2.22. The van der Waals surface area contributed by atoms with E-state index in [-0.39, 0.29) is 5.91 Å². The second-order valence-corrected chi connectivity index (χ2v) is 7.14. The highest BCUT2D eigenvalue weighted by Crippen LogP contribution is 2.32. The summed E-state index contributed by atoms with van der Waals surface area (Å²) < 4.78 is 5.17. The molecule has 2 atom stereocenters. The zero-order chi connectivity index (χ0) is 17.2. The molecule has 4 nitrogen and oxygen atoms in total. The zero-order valence-electron chi connectivity index (χ0n) is 14.6. The number of rotatable bonds is 4. The van der Waals surface area contributed by atoms with Crippen LogP contribution in [0, 0.1) is 11.8 Å². The van der Waals surface area contributed by atoms with Crippen LogP contribution in [0.5, 0.6) is 5.75 Å². The third-order valence-electron chi connectivity index (χ3n) is 5.44. The molecule has 25 heavy (non-hydrogen) atoms. The zero-order valence-corrected chi connectivity index (χ0v) is 14.6. The van der Waals surface area contributed by atoms with Crippen molar-refractivity contribution < 1.29 is 9.53 Å². The molecule has 1 amide bonds. The molecule has 0 aliphatic carbocycles. The fourth-order valence-corrected chi connectivity index (χ4v) is 4.14. The van der Waals surface area contributed by atoms with Gasteiger partial charge in [0, 0.05) is 38.3 Å². The Kier molecular flexibility index (Phi) is 4.45. The molecule has 0 saturated carbocycles. The summed E-state index contributed by atoms with van der Waals surface area (Å²) in [5.41, 5.74) is 2.12. The Labute approximate surface area is 149 Å². The molecule has 2 aliphatic heterocycles. The van der Waals surface area contributed by atoms with Crippen LogP contribution in [0.25, 0.3) is 0 Å². The van der Waals surface area contributed by atoms with E-state index in [2.05, 4.69) is 35.2 Å². The lowest BCUT2D eigenvalue weighted by molar-refractivity contribution is 0.0773. The molecule has 2 aromatic rings. The second kappa shape index (κ2) is 6.89. The van der Waals surface area contributed by atoms with E-state index in [0.717, 1.165) is 44.0 Å². The Balaban J connectivity index is 1.35. The number of ether oxygens (including phenoxy) is 1. The van der Waals surface area contributed by atoms with Crippen LogP contribution in [0.1, 0.15) is 15.9 Å². The van der Waals surface area contributed by atoms with Gasteiger partial charge >= 0.3 is 0 Å². The maximum Gasteiger partial charge on any atom is 0.253 e. The maximum atomic E-state index is 12.7. The number of fused-ring (bicyclic) bond motifs is 1. The van der Waals surface area contributed by atoms with Gasteiger partial charge in [0.25, 0.3) is 5.91 Å². The van der Waals surface area contributed by atoms with Gasteiger partial charge in [-0.1, -0.05) is 30.3 Å². The van der Waals surface area contributed by atoms with Gasteiger partial charge in [-0.3, -0.25) is 9.69 Å². The Morgan fingerprint density at radius 1 is 0.960 bits per heavy atom. The Morgan fingerprint density at radius 3 is 2.20 bits per heavy atom. The number of hydrogen-bond acceptors (Lipinski definition) is 3. The highest BCUT2D eigenvalue weighted by molar-refractivity contribution is 5.94. The minimum Gasteiger partial charge on any atom is -0.497 e. The summed E-state index contributed by atoms with van der Waals surface area (Å²) in [6.45, 7) is 4.94. The van der Waals surface area contributed by atoms with Gasteiger partial charge in [0.15, 0.2) is 0 Å². The van der Waals surface area contributed by atoms with Gasteiger partial charge in [0.2, 0.25) is 0 Å². The molecule has 2 heterocycles. The molecule has 0 spiro atoms. The van der Waals surface area contributed by atoms with Crippen LogP contribution in [0.3, 0.4) is 0 Å². The van der Waals surface area contributed by atoms with Crippen molar-refractivity contribution in [2.75, 3.05) is 33.3 Å². The van der Waals surface area contributed by atoms with E-state index >= 15 is 0 Å². The third-order valence-corrected chi connectivity index (χ3v) is 5.44. The topological polar surface area (TPSA) is 32.8 Å². The molecule has 2 aliphatic rings. The van der Waals surface area contributed by atoms with Gasteiger partial charge < -0.3 is 9.64 Å². The molecule has 2 fully saturated rings. The van der Waals surface area contributed by atoms with Crippen molar-refractivity contribution in [3.8, 4) is 5.75 Å². The first-order chi connectivity index (χ1) is 12.2. The number of hydrogen-bond donors (Lipinski definition) is 0. The van der Waals surface area contributed by atoms with Crippen molar-refractivity contribution in [1.29, 1.82) is 0 Å². The SMILES string of the molecule is COc1ccc(C(=O)N2CC3CN(Cc4ccccc4)CC3C2)cc1. The first-order valence-electron chi connectivity index (χ1n) is 8.92. The minimum atomic E-state index is 0.145. The smallest absolute Gasteiger partial charge is 0.253 e. The van der Waals surface area contributed by atoms with Gasteiger partial charge in [-0.05, 0) is 41.7 Å². The third kappa shape index (κ3) is 3.40. The Hall–Kier alpha value is -2.33. The molecule has 2 saturated heterocycles. The summed E-state index contributed by atoms with van der Waals surface area (Å²) in [4.78, 5) is 17.3. The minimum absolute atomic E-state index is 0.145. The summed E-state index contributed by atoms with van der Waals surface area (Å²) in [5.74, 6) is 2.13. The molecule has 2 unspecified atom stereocenters. The van der Waals surface area contributed by atoms with Crippen molar-refractivity contribution >= 4 is 5.91 Å².